The first-order valence-corrected chi connectivity index (χ1v) is 10.4. The third-order valence-corrected chi connectivity index (χ3v) is 5.97. The lowest BCUT2D eigenvalue weighted by atomic mass is 9.98. The maximum atomic E-state index is 13.7. The Hall–Kier alpha value is -3.93. The molecule has 0 saturated heterocycles. The highest BCUT2D eigenvalue weighted by molar-refractivity contribution is 6.45. The Balaban J connectivity index is 1.64. The van der Waals surface area contributed by atoms with Crippen molar-refractivity contribution in [1.29, 1.82) is 0 Å². The molecule has 0 aromatic heterocycles. The summed E-state index contributed by atoms with van der Waals surface area (Å²) < 4.78 is 19.0. The van der Waals surface area contributed by atoms with Crippen molar-refractivity contribution >= 4 is 23.1 Å². The standard InChI is InChI=1S/C26H21FN2O3/c1-32-22-9-5-4-8-21(22)29-25(30)23(18-10-12-20(27)13-11-18)24(26(29)31)28-15-14-17-6-2-3-7-19(17)16-28/h2-13H,14-16H2,1H3. The summed E-state index contributed by atoms with van der Waals surface area (Å²) in [6.45, 7) is 1.13. The number of imide groups is 1. The molecule has 6 heteroatoms. The first-order chi connectivity index (χ1) is 15.6. The normalized spacial score (nSPS) is 15.9. The van der Waals surface area contributed by atoms with Gasteiger partial charge in [0.25, 0.3) is 11.8 Å². The van der Waals surface area contributed by atoms with E-state index in [1.54, 1.807) is 36.4 Å². The van der Waals surface area contributed by atoms with Gasteiger partial charge in [-0.25, -0.2) is 9.29 Å². The van der Waals surface area contributed by atoms with E-state index in [1.807, 2.05) is 23.1 Å². The van der Waals surface area contributed by atoms with E-state index in [0.29, 0.717) is 35.8 Å². The molecule has 3 aromatic carbocycles. The van der Waals surface area contributed by atoms with E-state index in [1.165, 1.54) is 24.8 Å². The number of fused-ring (bicyclic) bond motifs is 1. The molecule has 0 N–H and O–H groups in total. The predicted octanol–water partition coefficient (Wildman–Crippen LogP) is 4.18. The average Bonchev–Trinajstić information content (AvgIpc) is 3.09. The number of rotatable bonds is 4. The molecule has 0 aliphatic carbocycles. The second kappa shape index (κ2) is 7.96. The van der Waals surface area contributed by atoms with Crippen molar-refractivity contribution in [1.82, 2.24) is 4.90 Å². The van der Waals surface area contributed by atoms with Crippen LogP contribution >= 0.6 is 0 Å². The summed E-state index contributed by atoms with van der Waals surface area (Å²) in [5.41, 5.74) is 3.88. The summed E-state index contributed by atoms with van der Waals surface area (Å²) in [6, 6.07) is 20.7. The van der Waals surface area contributed by atoms with Gasteiger partial charge in [-0.05, 0) is 47.4 Å². The zero-order valence-corrected chi connectivity index (χ0v) is 17.5. The van der Waals surface area contributed by atoms with E-state index in [4.69, 9.17) is 4.74 Å². The van der Waals surface area contributed by atoms with E-state index >= 15 is 0 Å². The number of hydrogen-bond donors (Lipinski definition) is 0. The fraction of sp³-hybridized carbons (Fsp3) is 0.154. The third kappa shape index (κ3) is 3.24. The number of halogens is 1. The first-order valence-electron chi connectivity index (χ1n) is 10.4. The van der Waals surface area contributed by atoms with Gasteiger partial charge in [0.1, 0.15) is 17.3 Å². The van der Waals surface area contributed by atoms with Crippen molar-refractivity contribution in [2.45, 2.75) is 13.0 Å². The molecule has 2 aliphatic rings. The Morgan fingerprint density at radius 3 is 2.28 bits per heavy atom. The van der Waals surface area contributed by atoms with E-state index < -0.39 is 17.6 Å². The largest absolute Gasteiger partial charge is 0.495 e. The Kier molecular flexibility index (Phi) is 4.98. The van der Waals surface area contributed by atoms with Crippen LogP contribution in [0.1, 0.15) is 16.7 Å². The molecule has 2 aliphatic heterocycles. The number of anilines is 1. The molecule has 2 heterocycles. The van der Waals surface area contributed by atoms with Crippen LogP contribution in [0.15, 0.2) is 78.5 Å². The van der Waals surface area contributed by atoms with Gasteiger partial charge in [0, 0.05) is 13.1 Å². The number of ether oxygens (including phenoxy) is 1. The monoisotopic (exact) mass is 428 g/mol. The lowest BCUT2D eigenvalue weighted by molar-refractivity contribution is -0.120. The fourth-order valence-electron chi connectivity index (χ4n) is 4.41. The summed E-state index contributed by atoms with van der Waals surface area (Å²) in [7, 11) is 1.50. The molecule has 0 unspecified atom stereocenters. The number of para-hydroxylation sites is 2. The van der Waals surface area contributed by atoms with Gasteiger partial charge >= 0.3 is 0 Å². The van der Waals surface area contributed by atoms with Gasteiger partial charge in [-0.2, -0.15) is 0 Å². The zero-order valence-electron chi connectivity index (χ0n) is 17.5. The highest BCUT2D eigenvalue weighted by atomic mass is 19.1. The van der Waals surface area contributed by atoms with Crippen molar-refractivity contribution in [3.05, 3.63) is 101 Å². The molecule has 3 aromatic rings. The van der Waals surface area contributed by atoms with Crippen molar-refractivity contribution in [2.24, 2.45) is 0 Å². The molecule has 5 rings (SSSR count). The Morgan fingerprint density at radius 2 is 1.53 bits per heavy atom. The molecule has 5 nitrogen and oxygen atoms in total. The Morgan fingerprint density at radius 1 is 0.844 bits per heavy atom. The van der Waals surface area contributed by atoms with E-state index in [9.17, 15) is 14.0 Å². The molecule has 2 amide bonds. The Labute approximate surface area is 185 Å². The summed E-state index contributed by atoms with van der Waals surface area (Å²) in [5.74, 6) is -0.822. The number of methoxy groups -OCH3 is 1. The van der Waals surface area contributed by atoms with Crippen LogP contribution in [0.25, 0.3) is 5.57 Å². The smallest absolute Gasteiger partial charge is 0.282 e. The van der Waals surface area contributed by atoms with Crippen LogP contribution in [-0.2, 0) is 22.6 Å². The van der Waals surface area contributed by atoms with Gasteiger partial charge in [0.05, 0.1) is 18.4 Å². The molecular weight excluding hydrogens is 407 g/mol. The average molecular weight is 428 g/mol. The summed E-state index contributed by atoms with van der Waals surface area (Å²) >= 11 is 0. The van der Waals surface area contributed by atoms with Gasteiger partial charge in [-0.1, -0.05) is 48.5 Å². The second-order valence-corrected chi connectivity index (χ2v) is 7.79. The summed E-state index contributed by atoms with van der Waals surface area (Å²) in [6.07, 6.45) is 0.770. The summed E-state index contributed by atoms with van der Waals surface area (Å²) in [4.78, 5) is 30.5. The van der Waals surface area contributed by atoms with Gasteiger partial charge in [-0.3, -0.25) is 9.59 Å². The van der Waals surface area contributed by atoms with Crippen molar-refractivity contribution in [2.75, 3.05) is 18.6 Å². The van der Waals surface area contributed by atoms with Crippen molar-refractivity contribution in [3.8, 4) is 5.75 Å². The predicted molar refractivity (Wildman–Crippen MR) is 119 cm³/mol. The van der Waals surface area contributed by atoms with Gasteiger partial charge < -0.3 is 9.64 Å². The first kappa shape index (κ1) is 20.0. The zero-order chi connectivity index (χ0) is 22.2. The highest BCUT2D eigenvalue weighted by Gasteiger charge is 2.43. The number of carbonyl (C=O) groups excluding carboxylic acids is 2. The van der Waals surface area contributed by atoms with Crippen LogP contribution in [0.2, 0.25) is 0 Å². The van der Waals surface area contributed by atoms with Crippen LogP contribution in [0.5, 0.6) is 5.75 Å². The van der Waals surface area contributed by atoms with Gasteiger partial charge in [0.15, 0.2) is 0 Å². The van der Waals surface area contributed by atoms with Crippen LogP contribution in [0.3, 0.4) is 0 Å². The van der Waals surface area contributed by atoms with E-state index in [-0.39, 0.29) is 5.57 Å². The molecular formula is C26H21FN2O3. The summed E-state index contributed by atoms with van der Waals surface area (Å²) in [5, 5.41) is 0. The Bertz CT molecular complexity index is 1250. The molecule has 0 radical (unpaired) electrons. The molecule has 0 atom stereocenters. The minimum absolute atomic E-state index is 0.278. The lowest BCUT2D eigenvalue weighted by Gasteiger charge is -2.31. The lowest BCUT2D eigenvalue weighted by Crippen LogP contribution is -2.37. The van der Waals surface area contributed by atoms with Crippen LogP contribution < -0.4 is 9.64 Å². The number of benzene rings is 3. The molecule has 0 fully saturated rings. The number of amides is 2. The van der Waals surface area contributed by atoms with Crippen LogP contribution in [0, 0.1) is 5.82 Å². The van der Waals surface area contributed by atoms with E-state index in [2.05, 4.69) is 6.07 Å². The second-order valence-electron chi connectivity index (χ2n) is 7.79. The van der Waals surface area contributed by atoms with Crippen LogP contribution in [0.4, 0.5) is 10.1 Å². The van der Waals surface area contributed by atoms with Crippen molar-refractivity contribution in [3.63, 3.8) is 0 Å². The van der Waals surface area contributed by atoms with Crippen LogP contribution in [-0.4, -0.2) is 30.4 Å². The number of nitrogens with zero attached hydrogens (tertiary/aromatic N) is 2. The molecule has 0 spiro atoms. The molecule has 32 heavy (non-hydrogen) atoms. The van der Waals surface area contributed by atoms with E-state index in [0.717, 1.165) is 16.9 Å². The number of carbonyl (C=O) groups is 2. The minimum Gasteiger partial charge on any atom is -0.495 e. The minimum atomic E-state index is -0.444. The highest BCUT2D eigenvalue weighted by Crippen LogP contribution is 2.39. The maximum Gasteiger partial charge on any atom is 0.282 e. The quantitative estimate of drug-likeness (QED) is 0.585. The molecule has 0 saturated carbocycles. The SMILES string of the molecule is COc1ccccc1N1C(=O)C(c2ccc(F)cc2)=C(N2CCc3ccccc3C2)C1=O. The topological polar surface area (TPSA) is 49.9 Å². The number of hydrogen-bond acceptors (Lipinski definition) is 4. The maximum absolute atomic E-state index is 13.7. The third-order valence-electron chi connectivity index (χ3n) is 5.97. The fourth-order valence-corrected chi connectivity index (χ4v) is 4.41. The van der Waals surface area contributed by atoms with Gasteiger partial charge in [0.2, 0.25) is 0 Å². The molecule has 0 bridgehead atoms. The molecule has 160 valence electrons. The van der Waals surface area contributed by atoms with Crippen molar-refractivity contribution < 1.29 is 18.7 Å². The van der Waals surface area contributed by atoms with Gasteiger partial charge in [-0.15, -0.1) is 0 Å².